The maximum absolute atomic E-state index is 11.8. The van der Waals surface area contributed by atoms with Crippen molar-refractivity contribution in [3.8, 4) is 0 Å². The van der Waals surface area contributed by atoms with Crippen molar-refractivity contribution in [2.75, 3.05) is 18.5 Å². The monoisotopic (exact) mass is 293 g/mol. The molecule has 6 heteroatoms. The number of nitrogens with one attached hydrogen (secondary N) is 1. The van der Waals surface area contributed by atoms with E-state index in [0.29, 0.717) is 23.6 Å². The molecule has 1 rings (SSSR count). The van der Waals surface area contributed by atoms with Crippen LogP contribution in [0.25, 0.3) is 0 Å². The molecule has 0 atom stereocenters. The lowest BCUT2D eigenvalue weighted by atomic mass is 10.1. The minimum atomic E-state index is -0.574. The molecule has 0 aliphatic carbocycles. The Morgan fingerprint density at radius 3 is 2.71 bits per heavy atom. The number of amides is 1. The molecule has 1 aromatic rings. The molecule has 1 heterocycles. The molecule has 0 aliphatic rings. The van der Waals surface area contributed by atoms with E-state index in [-0.39, 0.29) is 6.61 Å². The smallest absolute Gasteiger partial charge is 0.413 e. The summed E-state index contributed by atoms with van der Waals surface area (Å²) >= 11 is 0. The molecule has 0 bridgehead atoms. The Labute approximate surface area is 125 Å². The first kappa shape index (κ1) is 17.1. The summed E-state index contributed by atoms with van der Waals surface area (Å²) in [4.78, 5) is 20.3. The van der Waals surface area contributed by atoms with E-state index >= 15 is 0 Å². The molecule has 0 saturated heterocycles. The minimum Gasteiger partial charge on any atom is -0.444 e. The number of pyridine rings is 1. The third-order valence-electron chi connectivity index (χ3n) is 2.48. The first-order chi connectivity index (χ1) is 9.73. The number of carbonyl (C=O) groups is 1. The van der Waals surface area contributed by atoms with E-state index in [4.69, 9.17) is 9.84 Å². The molecule has 0 aromatic carbocycles. The summed E-state index contributed by atoms with van der Waals surface area (Å²) in [5.41, 5.74) is 1.80. The highest BCUT2D eigenvalue weighted by molar-refractivity contribution is 6.05. The van der Waals surface area contributed by atoms with Gasteiger partial charge in [0.25, 0.3) is 0 Å². The van der Waals surface area contributed by atoms with Gasteiger partial charge in [0, 0.05) is 17.5 Å². The lowest BCUT2D eigenvalue weighted by molar-refractivity contribution is 0.0635. The molecule has 0 unspecified atom stereocenters. The molecule has 6 nitrogen and oxygen atoms in total. The molecule has 116 valence electrons. The summed E-state index contributed by atoms with van der Waals surface area (Å²) in [5.74, 6) is 0.397. The van der Waals surface area contributed by atoms with Gasteiger partial charge >= 0.3 is 6.09 Å². The highest BCUT2D eigenvalue weighted by Crippen LogP contribution is 2.17. The number of aliphatic hydroxyl groups is 1. The molecule has 2 N–H and O–H groups in total. The third-order valence-corrected chi connectivity index (χ3v) is 2.48. The van der Waals surface area contributed by atoms with Crippen molar-refractivity contribution < 1.29 is 14.6 Å². The van der Waals surface area contributed by atoms with E-state index in [1.54, 1.807) is 27.0 Å². The van der Waals surface area contributed by atoms with Gasteiger partial charge in [-0.25, -0.2) is 9.78 Å². The Morgan fingerprint density at radius 1 is 1.48 bits per heavy atom. The Balaban J connectivity index is 2.99. The summed E-state index contributed by atoms with van der Waals surface area (Å²) in [6.45, 7) is 9.40. The molecule has 1 amide bonds. The first-order valence-electron chi connectivity index (χ1n) is 6.82. The number of anilines is 1. The van der Waals surface area contributed by atoms with Gasteiger partial charge in [-0.15, -0.1) is 0 Å². The fourth-order valence-electron chi connectivity index (χ4n) is 1.65. The number of rotatable bonds is 4. The average Bonchev–Trinajstić information content (AvgIpc) is 2.35. The zero-order chi connectivity index (χ0) is 16.0. The van der Waals surface area contributed by atoms with E-state index in [1.807, 2.05) is 19.9 Å². The predicted molar refractivity (Wildman–Crippen MR) is 83.0 cm³/mol. The normalized spacial score (nSPS) is 12.2. The fraction of sp³-hybridized carbons (Fsp3) is 0.533. The number of aliphatic hydroxyl groups excluding tert-OH is 1. The highest BCUT2D eigenvalue weighted by atomic mass is 16.6. The van der Waals surface area contributed by atoms with Crippen LogP contribution in [0.3, 0.4) is 0 Å². The number of hydrogen-bond acceptors (Lipinski definition) is 5. The zero-order valence-corrected chi connectivity index (χ0v) is 13.2. The molecule has 0 spiro atoms. The van der Waals surface area contributed by atoms with Gasteiger partial charge in [-0.3, -0.25) is 10.3 Å². The van der Waals surface area contributed by atoms with Crippen molar-refractivity contribution in [2.24, 2.45) is 4.99 Å². The Kier molecular flexibility index (Phi) is 5.84. The summed E-state index contributed by atoms with van der Waals surface area (Å²) in [5, 5.41) is 11.5. The number of aryl methyl sites for hydroxylation is 1. The molecular formula is C15H23N3O3. The minimum absolute atomic E-state index is 0.0224. The maximum atomic E-state index is 11.8. The molecule has 0 radical (unpaired) electrons. The van der Waals surface area contributed by atoms with Crippen molar-refractivity contribution in [2.45, 2.75) is 40.2 Å². The van der Waals surface area contributed by atoms with E-state index < -0.39 is 11.7 Å². The van der Waals surface area contributed by atoms with Crippen molar-refractivity contribution in [1.29, 1.82) is 0 Å². The summed E-state index contributed by atoms with van der Waals surface area (Å²) in [6.07, 6.45) is 1.10. The average molecular weight is 293 g/mol. The standard InChI is InChI=1S/C15H23N3O3/c1-10-8-12(11(2)16-6-7-19)13(17-9-10)18-14(20)21-15(3,4)5/h8-9,19H,6-7H2,1-5H3,(H,17,18,20)/b16-11-. The van der Waals surface area contributed by atoms with Gasteiger partial charge < -0.3 is 9.84 Å². The second kappa shape index (κ2) is 7.17. The Hall–Kier alpha value is -1.95. The van der Waals surface area contributed by atoms with Crippen LogP contribution in [0.4, 0.5) is 10.6 Å². The molecule has 0 fully saturated rings. The number of ether oxygens (including phenoxy) is 1. The molecule has 21 heavy (non-hydrogen) atoms. The molecule has 1 aromatic heterocycles. The van der Waals surface area contributed by atoms with Crippen LogP contribution in [0, 0.1) is 6.92 Å². The van der Waals surface area contributed by atoms with Gasteiger partial charge in [-0.05, 0) is 46.2 Å². The second-order valence-corrected chi connectivity index (χ2v) is 5.73. The summed E-state index contributed by atoms with van der Waals surface area (Å²) in [6, 6.07) is 1.88. The molecule has 0 aliphatic heterocycles. The third kappa shape index (κ3) is 5.91. The van der Waals surface area contributed by atoms with Crippen LogP contribution in [0.1, 0.15) is 38.8 Å². The van der Waals surface area contributed by atoms with Gasteiger partial charge in [-0.2, -0.15) is 0 Å². The summed E-state index contributed by atoms with van der Waals surface area (Å²) in [7, 11) is 0. The van der Waals surface area contributed by atoms with Gasteiger partial charge in [0.2, 0.25) is 0 Å². The van der Waals surface area contributed by atoms with E-state index in [1.165, 1.54) is 0 Å². The number of nitrogens with zero attached hydrogens (tertiary/aromatic N) is 2. The van der Waals surface area contributed by atoms with Crippen LogP contribution in [0.2, 0.25) is 0 Å². The Bertz CT molecular complexity index is 533. The molecular weight excluding hydrogens is 270 g/mol. The highest BCUT2D eigenvalue weighted by Gasteiger charge is 2.18. The lowest BCUT2D eigenvalue weighted by Crippen LogP contribution is -2.28. The second-order valence-electron chi connectivity index (χ2n) is 5.73. The van der Waals surface area contributed by atoms with Crippen molar-refractivity contribution in [1.82, 2.24) is 4.98 Å². The quantitative estimate of drug-likeness (QED) is 0.836. The van der Waals surface area contributed by atoms with E-state index in [9.17, 15) is 4.79 Å². The number of carbonyl (C=O) groups excluding carboxylic acids is 1. The van der Waals surface area contributed by atoms with Crippen LogP contribution in [-0.4, -0.2) is 40.6 Å². The van der Waals surface area contributed by atoms with Gasteiger partial charge in [-0.1, -0.05) is 0 Å². The maximum Gasteiger partial charge on any atom is 0.413 e. The lowest BCUT2D eigenvalue weighted by Gasteiger charge is -2.20. The van der Waals surface area contributed by atoms with E-state index in [0.717, 1.165) is 5.56 Å². The van der Waals surface area contributed by atoms with Crippen LogP contribution in [0.5, 0.6) is 0 Å². The van der Waals surface area contributed by atoms with Crippen LogP contribution in [0.15, 0.2) is 17.3 Å². The SMILES string of the molecule is C/C(=N/CCO)c1cc(C)cnc1NC(=O)OC(C)(C)C. The largest absolute Gasteiger partial charge is 0.444 e. The van der Waals surface area contributed by atoms with Crippen molar-refractivity contribution in [3.05, 3.63) is 23.4 Å². The predicted octanol–water partition coefficient (Wildman–Crippen LogP) is 2.54. The van der Waals surface area contributed by atoms with Crippen LogP contribution >= 0.6 is 0 Å². The van der Waals surface area contributed by atoms with Crippen LogP contribution < -0.4 is 5.32 Å². The van der Waals surface area contributed by atoms with Gasteiger partial charge in [0.1, 0.15) is 11.4 Å². The van der Waals surface area contributed by atoms with Crippen molar-refractivity contribution in [3.63, 3.8) is 0 Å². The van der Waals surface area contributed by atoms with Gasteiger partial charge in [0.05, 0.1) is 13.2 Å². The first-order valence-corrected chi connectivity index (χ1v) is 6.82. The number of hydrogen-bond donors (Lipinski definition) is 2. The van der Waals surface area contributed by atoms with E-state index in [2.05, 4.69) is 15.3 Å². The summed E-state index contributed by atoms with van der Waals surface area (Å²) < 4.78 is 5.22. The molecule has 0 saturated carbocycles. The van der Waals surface area contributed by atoms with Gasteiger partial charge in [0.15, 0.2) is 0 Å². The van der Waals surface area contributed by atoms with Crippen LogP contribution in [-0.2, 0) is 4.74 Å². The number of aromatic nitrogens is 1. The zero-order valence-electron chi connectivity index (χ0n) is 13.2. The topological polar surface area (TPSA) is 83.8 Å². The van der Waals surface area contributed by atoms with Crippen molar-refractivity contribution >= 4 is 17.6 Å². The fourth-order valence-corrected chi connectivity index (χ4v) is 1.65. The Morgan fingerprint density at radius 2 is 2.14 bits per heavy atom. The number of aliphatic imine (C=N–C) groups is 1.